The van der Waals surface area contributed by atoms with Crippen LogP contribution in [0.3, 0.4) is 0 Å². The average Bonchev–Trinajstić information content (AvgIpc) is 2.52. The molecule has 20 heavy (non-hydrogen) atoms. The maximum absolute atomic E-state index is 11.9. The molecule has 0 unspecified atom stereocenters. The summed E-state index contributed by atoms with van der Waals surface area (Å²) in [6.45, 7) is 2.48. The molecule has 1 fully saturated rings. The number of aliphatic hydroxyl groups excluding tert-OH is 1. The first-order chi connectivity index (χ1) is 9.74. The van der Waals surface area contributed by atoms with E-state index in [2.05, 4.69) is 15.5 Å². The summed E-state index contributed by atoms with van der Waals surface area (Å²) in [7, 11) is 1.64. The average molecular weight is 279 g/mol. The minimum atomic E-state index is -0.252. The van der Waals surface area contributed by atoms with E-state index in [0.29, 0.717) is 13.1 Å². The van der Waals surface area contributed by atoms with Gasteiger partial charge in [-0.15, -0.1) is 0 Å². The number of amides is 1. The van der Waals surface area contributed by atoms with Crippen molar-refractivity contribution in [2.75, 3.05) is 44.8 Å². The molecular formula is C14H21N3O3. The number of carbonyl (C=O) groups excluding carboxylic acids is 1. The van der Waals surface area contributed by atoms with Crippen LogP contribution in [0.4, 0.5) is 5.69 Å². The lowest BCUT2D eigenvalue weighted by Gasteiger charge is -2.34. The van der Waals surface area contributed by atoms with Crippen molar-refractivity contribution in [1.82, 2.24) is 10.6 Å². The lowest BCUT2D eigenvalue weighted by Crippen LogP contribution is -2.57. The zero-order valence-corrected chi connectivity index (χ0v) is 11.6. The fourth-order valence-corrected chi connectivity index (χ4v) is 2.26. The molecule has 0 aromatic heterocycles. The summed E-state index contributed by atoms with van der Waals surface area (Å²) >= 11 is 0. The van der Waals surface area contributed by atoms with E-state index in [-0.39, 0.29) is 18.6 Å². The Bertz CT molecular complexity index is 436. The number of carbonyl (C=O) groups is 1. The third-order valence-corrected chi connectivity index (χ3v) is 3.34. The lowest BCUT2D eigenvalue weighted by molar-refractivity contribution is -0.123. The van der Waals surface area contributed by atoms with Crippen LogP contribution in [0.5, 0.6) is 5.75 Å². The quantitative estimate of drug-likeness (QED) is 0.683. The molecule has 0 radical (unpaired) electrons. The summed E-state index contributed by atoms with van der Waals surface area (Å²) in [6, 6.07) is 7.56. The Morgan fingerprint density at radius 1 is 1.50 bits per heavy atom. The van der Waals surface area contributed by atoms with Crippen molar-refractivity contribution >= 4 is 11.6 Å². The molecule has 0 saturated carbocycles. The summed E-state index contributed by atoms with van der Waals surface area (Å²) in [5.41, 5.74) is 1.08. The number of aliphatic hydroxyl groups is 1. The predicted octanol–water partition coefficient (Wildman–Crippen LogP) is -0.418. The van der Waals surface area contributed by atoms with E-state index in [0.717, 1.165) is 24.5 Å². The highest BCUT2D eigenvalue weighted by Gasteiger charge is 2.25. The van der Waals surface area contributed by atoms with Crippen LogP contribution < -0.4 is 20.3 Å². The Morgan fingerprint density at radius 3 is 2.90 bits per heavy atom. The van der Waals surface area contributed by atoms with E-state index >= 15 is 0 Å². The van der Waals surface area contributed by atoms with Gasteiger partial charge in [-0.2, -0.15) is 0 Å². The van der Waals surface area contributed by atoms with Gasteiger partial charge in [-0.05, 0) is 24.3 Å². The number of nitrogens with one attached hydrogen (secondary N) is 2. The molecule has 1 aliphatic heterocycles. The highest BCUT2D eigenvalue weighted by molar-refractivity contribution is 5.82. The van der Waals surface area contributed by atoms with Gasteiger partial charge in [-0.25, -0.2) is 0 Å². The van der Waals surface area contributed by atoms with Crippen molar-refractivity contribution in [2.45, 2.75) is 6.04 Å². The van der Waals surface area contributed by atoms with E-state index in [1.165, 1.54) is 0 Å². The molecule has 2 rings (SSSR count). The minimum absolute atomic E-state index is 0.0410. The highest BCUT2D eigenvalue weighted by atomic mass is 16.5. The van der Waals surface area contributed by atoms with Crippen molar-refractivity contribution < 1.29 is 14.6 Å². The molecule has 1 heterocycles. The third kappa shape index (κ3) is 3.61. The predicted molar refractivity (Wildman–Crippen MR) is 77.1 cm³/mol. The van der Waals surface area contributed by atoms with Gasteiger partial charge in [-0.1, -0.05) is 0 Å². The van der Waals surface area contributed by atoms with Gasteiger partial charge in [0.25, 0.3) is 0 Å². The molecule has 1 atom stereocenters. The fourth-order valence-electron chi connectivity index (χ4n) is 2.26. The largest absolute Gasteiger partial charge is 0.497 e. The number of anilines is 1. The zero-order chi connectivity index (χ0) is 14.4. The van der Waals surface area contributed by atoms with Gasteiger partial charge in [0.15, 0.2) is 0 Å². The first kappa shape index (κ1) is 14.6. The number of ether oxygens (including phenoxy) is 1. The van der Waals surface area contributed by atoms with E-state index in [1.54, 1.807) is 7.11 Å². The standard InChI is InChI=1S/C14H21N3O3/c1-20-12-4-2-11(3-5-12)17-8-6-15-13(10-17)14(19)16-7-9-18/h2-5,13,15,18H,6-10H2,1H3,(H,16,19)/t13-/m1/s1. The molecule has 110 valence electrons. The van der Waals surface area contributed by atoms with Crippen molar-refractivity contribution in [3.05, 3.63) is 24.3 Å². The number of rotatable bonds is 5. The van der Waals surface area contributed by atoms with Gasteiger partial charge in [0.2, 0.25) is 5.91 Å². The Hall–Kier alpha value is -1.79. The van der Waals surface area contributed by atoms with Crippen molar-refractivity contribution in [3.63, 3.8) is 0 Å². The van der Waals surface area contributed by atoms with Gasteiger partial charge in [0.1, 0.15) is 11.8 Å². The van der Waals surface area contributed by atoms with Crippen LogP contribution in [-0.4, -0.2) is 57.0 Å². The molecule has 6 heteroatoms. The van der Waals surface area contributed by atoms with E-state index in [9.17, 15) is 4.79 Å². The van der Waals surface area contributed by atoms with Gasteiger partial charge < -0.3 is 25.4 Å². The van der Waals surface area contributed by atoms with Crippen LogP contribution in [0.15, 0.2) is 24.3 Å². The molecular weight excluding hydrogens is 258 g/mol. The molecule has 1 aromatic carbocycles. The Balaban J connectivity index is 1.96. The van der Waals surface area contributed by atoms with Crippen LogP contribution in [0, 0.1) is 0 Å². The van der Waals surface area contributed by atoms with Crippen molar-refractivity contribution in [1.29, 1.82) is 0 Å². The van der Waals surface area contributed by atoms with Gasteiger partial charge in [0.05, 0.1) is 13.7 Å². The normalized spacial score (nSPS) is 18.7. The third-order valence-electron chi connectivity index (χ3n) is 3.34. The summed E-state index contributed by atoms with van der Waals surface area (Å²) < 4.78 is 5.14. The van der Waals surface area contributed by atoms with E-state index < -0.39 is 0 Å². The van der Waals surface area contributed by atoms with E-state index in [4.69, 9.17) is 9.84 Å². The SMILES string of the molecule is COc1ccc(N2CCN[C@@H](C(=O)NCCO)C2)cc1. The van der Waals surface area contributed by atoms with Gasteiger partial charge in [0, 0.05) is 31.9 Å². The number of hydrogen-bond donors (Lipinski definition) is 3. The molecule has 6 nitrogen and oxygen atoms in total. The first-order valence-electron chi connectivity index (χ1n) is 6.75. The number of hydrogen-bond acceptors (Lipinski definition) is 5. The van der Waals surface area contributed by atoms with Crippen LogP contribution in [0.1, 0.15) is 0 Å². The van der Waals surface area contributed by atoms with Crippen molar-refractivity contribution in [2.24, 2.45) is 0 Å². The Kier molecular flexibility index (Phi) is 5.20. The Labute approximate surface area is 118 Å². The van der Waals surface area contributed by atoms with Gasteiger partial charge in [-0.3, -0.25) is 4.79 Å². The zero-order valence-electron chi connectivity index (χ0n) is 11.6. The van der Waals surface area contributed by atoms with Crippen LogP contribution in [-0.2, 0) is 4.79 Å². The maximum Gasteiger partial charge on any atom is 0.239 e. The highest BCUT2D eigenvalue weighted by Crippen LogP contribution is 2.20. The second-order valence-electron chi connectivity index (χ2n) is 4.67. The summed E-state index contributed by atoms with van der Waals surface area (Å²) in [6.07, 6.45) is 0. The number of methoxy groups -OCH3 is 1. The number of nitrogens with zero attached hydrogens (tertiary/aromatic N) is 1. The second-order valence-corrected chi connectivity index (χ2v) is 4.67. The van der Waals surface area contributed by atoms with E-state index in [1.807, 2.05) is 24.3 Å². The summed E-state index contributed by atoms with van der Waals surface area (Å²) in [5.74, 6) is 0.749. The smallest absolute Gasteiger partial charge is 0.239 e. The summed E-state index contributed by atoms with van der Waals surface area (Å²) in [4.78, 5) is 14.1. The molecule has 1 saturated heterocycles. The molecule has 0 spiro atoms. The molecule has 0 bridgehead atoms. The first-order valence-corrected chi connectivity index (χ1v) is 6.75. The van der Waals surface area contributed by atoms with Crippen molar-refractivity contribution in [3.8, 4) is 5.75 Å². The summed E-state index contributed by atoms with van der Waals surface area (Å²) in [5, 5.41) is 14.6. The lowest BCUT2D eigenvalue weighted by atomic mass is 10.1. The minimum Gasteiger partial charge on any atom is -0.497 e. The molecule has 1 aliphatic rings. The monoisotopic (exact) mass is 279 g/mol. The van der Waals surface area contributed by atoms with Crippen LogP contribution in [0.25, 0.3) is 0 Å². The van der Waals surface area contributed by atoms with Crippen LogP contribution >= 0.6 is 0 Å². The maximum atomic E-state index is 11.9. The number of benzene rings is 1. The molecule has 1 aromatic rings. The number of piperazine rings is 1. The second kappa shape index (κ2) is 7.12. The van der Waals surface area contributed by atoms with Crippen LogP contribution in [0.2, 0.25) is 0 Å². The molecule has 0 aliphatic carbocycles. The topological polar surface area (TPSA) is 73.8 Å². The molecule has 1 amide bonds. The fraction of sp³-hybridized carbons (Fsp3) is 0.500. The van der Waals surface area contributed by atoms with Gasteiger partial charge >= 0.3 is 0 Å². The molecule has 3 N–H and O–H groups in total. The Morgan fingerprint density at radius 2 is 2.25 bits per heavy atom.